The molecule has 0 heterocycles. The van der Waals surface area contributed by atoms with Gasteiger partial charge in [0.05, 0.1) is 11.8 Å². The van der Waals surface area contributed by atoms with Crippen molar-refractivity contribution in [1.82, 2.24) is 4.90 Å². The highest BCUT2D eigenvalue weighted by Gasteiger charge is 1.89. The van der Waals surface area contributed by atoms with Crippen LogP contribution in [0.1, 0.15) is 0 Å². The Morgan fingerprint density at radius 1 is 1.64 bits per heavy atom. The van der Waals surface area contributed by atoms with Crippen molar-refractivity contribution in [2.75, 3.05) is 21.2 Å². The van der Waals surface area contributed by atoms with Crippen LogP contribution in [0, 0.1) is 11.3 Å². The van der Waals surface area contributed by atoms with Gasteiger partial charge in [-0.1, -0.05) is 5.16 Å². The van der Waals surface area contributed by atoms with E-state index in [0.29, 0.717) is 5.57 Å². The molecule has 0 amide bonds. The molecule has 60 valence electrons. The van der Waals surface area contributed by atoms with Crippen LogP contribution in [0.15, 0.2) is 16.9 Å². The van der Waals surface area contributed by atoms with Crippen LogP contribution < -0.4 is 0 Å². The van der Waals surface area contributed by atoms with Gasteiger partial charge in [-0.3, -0.25) is 0 Å². The lowest BCUT2D eigenvalue weighted by molar-refractivity contribution is 0.215. The molecule has 0 bridgehead atoms. The van der Waals surface area contributed by atoms with E-state index >= 15 is 0 Å². The summed E-state index contributed by atoms with van der Waals surface area (Å²) in [6.07, 6.45) is 3.02. The molecule has 0 radical (unpaired) electrons. The Bertz CT molecular complexity index is 200. The smallest absolute Gasteiger partial charge is 0.106 e. The zero-order valence-corrected chi connectivity index (χ0v) is 6.90. The lowest BCUT2D eigenvalue weighted by atomic mass is 10.3. The second-order valence-electron chi connectivity index (χ2n) is 2.08. The number of oxime groups is 1. The van der Waals surface area contributed by atoms with Crippen LogP contribution in [0.25, 0.3) is 0 Å². The predicted molar refractivity (Wildman–Crippen MR) is 42.9 cm³/mol. The quantitative estimate of drug-likeness (QED) is 0.338. The Morgan fingerprint density at radius 3 is 2.64 bits per heavy atom. The fourth-order valence-electron chi connectivity index (χ4n) is 0.479. The third kappa shape index (κ3) is 4.97. The molecule has 0 spiro atoms. The van der Waals surface area contributed by atoms with E-state index in [1.807, 2.05) is 20.2 Å². The Balaban J connectivity index is 4.20. The maximum absolute atomic E-state index is 8.51. The van der Waals surface area contributed by atoms with E-state index in [4.69, 9.17) is 5.26 Å². The molecule has 0 saturated carbocycles. The molecular weight excluding hydrogens is 142 g/mol. The van der Waals surface area contributed by atoms with Crippen LogP contribution in [-0.4, -0.2) is 32.3 Å². The largest absolute Gasteiger partial charge is 0.399 e. The van der Waals surface area contributed by atoms with Gasteiger partial charge in [0.1, 0.15) is 13.2 Å². The summed E-state index contributed by atoms with van der Waals surface area (Å²) in [5.41, 5.74) is 0.455. The van der Waals surface area contributed by atoms with Crippen LogP contribution in [0.4, 0.5) is 0 Å². The van der Waals surface area contributed by atoms with Gasteiger partial charge in [0, 0.05) is 20.3 Å². The van der Waals surface area contributed by atoms with Crippen LogP contribution in [0.2, 0.25) is 0 Å². The van der Waals surface area contributed by atoms with E-state index in [-0.39, 0.29) is 0 Å². The zero-order chi connectivity index (χ0) is 8.69. The maximum Gasteiger partial charge on any atom is 0.106 e. The second-order valence-corrected chi connectivity index (χ2v) is 2.08. The molecule has 0 N–H and O–H groups in total. The highest BCUT2D eigenvalue weighted by molar-refractivity contribution is 5.82. The molecule has 0 aliphatic rings. The first-order valence-electron chi connectivity index (χ1n) is 3.05. The van der Waals surface area contributed by atoms with Crippen molar-refractivity contribution in [3.8, 4) is 6.07 Å². The second kappa shape index (κ2) is 5.30. The fraction of sp³-hybridized carbons (Fsp3) is 0.429. The van der Waals surface area contributed by atoms with Gasteiger partial charge >= 0.3 is 0 Å². The van der Waals surface area contributed by atoms with Crippen LogP contribution in [0.3, 0.4) is 0 Å². The first kappa shape index (κ1) is 9.50. The molecule has 0 aromatic heterocycles. The molecular formula is C7H11N3O. The van der Waals surface area contributed by atoms with Crippen molar-refractivity contribution >= 4 is 6.21 Å². The molecule has 0 aliphatic heterocycles. The maximum atomic E-state index is 8.51. The van der Waals surface area contributed by atoms with Gasteiger partial charge in [-0.25, -0.2) is 0 Å². The number of hydrogen-bond donors (Lipinski definition) is 0. The van der Waals surface area contributed by atoms with Crippen LogP contribution in [-0.2, 0) is 4.84 Å². The summed E-state index contributed by atoms with van der Waals surface area (Å²) in [7, 11) is 5.09. The number of hydrogen-bond acceptors (Lipinski definition) is 4. The van der Waals surface area contributed by atoms with Gasteiger partial charge in [-0.2, -0.15) is 5.26 Å². The minimum absolute atomic E-state index is 0.455. The van der Waals surface area contributed by atoms with Crippen molar-refractivity contribution in [3.63, 3.8) is 0 Å². The normalized spacial score (nSPS) is 11.3. The van der Waals surface area contributed by atoms with E-state index in [0.717, 1.165) is 0 Å². The average Bonchev–Trinajstić information content (AvgIpc) is 1.97. The molecule has 4 heteroatoms. The molecule has 0 saturated heterocycles. The fourth-order valence-corrected chi connectivity index (χ4v) is 0.479. The molecule has 0 aliphatic carbocycles. The molecule has 11 heavy (non-hydrogen) atoms. The summed E-state index contributed by atoms with van der Waals surface area (Å²) in [6.45, 7) is 0. The minimum atomic E-state index is 0.455. The van der Waals surface area contributed by atoms with Gasteiger partial charge in [-0.05, 0) is 0 Å². The number of nitriles is 1. The van der Waals surface area contributed by atoms with Crippen LogP contribution in [0.5, 0.6) is 0 Å². The first-order valence-corrected chi connectivity index (χ1v) is 3.05. The van der Waals surface area contributed by atoms with E-state index in [2.05, 4.69) is 9.99 Å². The standard InChI is InChI=1S/C7H11N3O/c1-10(2)6-7(4-8)5-9-11-3/h5-6H,1-3H3/b7-6+,9-5+. The number of nitrogens with zero attached hydrogens (tertiary/aromatic N) is 3. The number of rotatable bonds is 3. The Kier molecular flexibility index (Phi) is 4.58. The summed E-state index contributed by atoms with van der Waals surface area (Å²) >= 11 is 0. The molecule has 0 atom stereocenters. The van der Waals surface area contributed by atoms with Crippen molar-refractivity contribution in [2.24, 2.45) is 5.16 Å². The SMILES string of the molecule is CO/N=C/C(C#N)=C/N(C)C. The number of allylic oxidation sites excluding steroid dienone is 1. The van der Waals surface area contributed by atoms with Gasteiger partial charge < -0.3 is 9.74 Å². The van der Waals surface area contributed by atoms with Crippen molar-refractivity contribution < 1.29 is 4.84 Å². The third-order valence-electron chi connectivity index (χ3n) is 0.824. The Hall–Kier alpha value is -1.50. The molecule has 4 nitrogen and oxygen atoms in total. The van der Waals surface area contributed by atoms with E-state index in [1.165, 1.54) is 13.3 Å². The zero-order valence-electron chi connectivity index (χ0n) is 6.90. The third-order valence-corrected chi connectivity index (χ3v) is 0.824. The topological polar surface area (TPSA) is 48.6 Å². The molecule has 0 aromatic carbocycles. The van der Waals surface area contributed by atoms with E-state index < -0.39 is 0 Å². The minimum Gasteiger partial charge on any atom is -0.399 e. The van der Waals surface area contributed by atoms with E-state index in [9.17, 15) is 0 Å². The average molecular weight is 153 g/mol. The van der Waals surface area contributed by atoms with Crippen molar-refractivity contribution in [3.05, 3.63) is 11.8 Å². The molecule has 0 rings (SSSR count). The summed E-state index contributed by atoms with van der Waals surface area (Å²) in [5, 5.41) is 12.0. The Morgan fingerprint density at radius 2 is 2.27 bits per heavy atom. The summed E-state index contributed by atoms with van der Waals surface area (Å²) < 4.78 is 0. The highest BCUT2D eigenvalue weighted by Crippen LogP contribution is 1.89. The molecule has 0 aromatic rings. The van der Waals surface area contributed by atoms with Crippen molar-refractivity contribution in [1.29, 1.82) is 5.26 Å². The van der Waals surface area contributed by atoms with E-state index in [1.54, 1.807) is 11.1 Å². The van der Waals surface area contributed by atoms with Gasteiger partial charge in [0.15, 0.2) is 0 Å². The van der Waals surface area contributed by atoms with Crippen LogP contribution >= 0.6 is 0 Å². The van der Waals surface area contributed by atoms with Gasteiger partial charge in [-0.15, -0.1) is 0 Å². The summed E-state index contributed by atoms with van der Waals surface area (Å²) in [4.78, 5) is 6.18. The summed E-state index contributed by atoms with van der Waals surface area (Å²) in [5.74, 6) is 0. The first-order chi connectivity index (χ1) is 5.20. The van der Waals surface area contributed by atoms with Crippen molar-refractivity contribution in [2.45, 2.75) is 0 Å². The Labute approximate surface area is 66.4 Å². The van der Waals surface area contributed by atoms with Gasteiger partial charge in [0.2, 0.25) is 0 Å². The predicted octanol–water partition coefficient (Wildman–Crippen LogP) is 0.588. The highest BCUT2D eigenvalue weighted by atomic mass is 16.6. The monoisotopic (exact) mass is 153 g/mol. The molecule has 0 fully saturated rings. The summed E-state index contributed by atoms with van der Waals surface area (Å²) in [6, 6.07) is 1.96. The van der Waals surface area contributed by atoms with Gasteiger partial charge in [0.25, 0.3) is 0 Å². The lowest BCUT2D eigenvalue weighted by Crippen LogP contribution is -2.02. The molecule has 0 unspecified atom stereocenters. The lowest BCUT2D eigenvalue weighted by Gasteiger charge is -2.02.